The summed E-state index contributed by atoms with van der Waals surface area (Å²) in [5.41, 5.74) is 5.35. The first-order valence-electron chi connectivity index (χ1n) is 24.6. The Kier molecular flexibility index (Phi) is 36.6. The molecule has 1 fully saturated rings. The summed E-state index contributed by atoms with van der Waals surface area (Å²) in [4.78, 5) is 47.7. The van der Waals surface area contributed by atoms with Crippen LogP contribution >= 0.6 is 7.82 Å². The molecule has 0 saturated heterocycles. The lowest BCUT2D eigenvalue weighted by Gasteiger charge is -2.19. The van der Waals surface area contributed by atoms with Crippen molar-refractivity contribution < 1.29 is 52.6 Å². The Morgan fingerprint density at radius 3 is 1.87 bits per heavy atom. The van der Waals surface area contributed by atoms with Crippen molar-refractivity contribution in [3.63, 3.8) is 0 Å². The minimum atomic E-state index is -4.46. The summed E-state index contributed by atoms with van der Waals surface area (Å²) in [6.07, 6.45) is 38.3. The van der Waals surface area contributed by atoms with E-state index in [9.17, 15) is 34.1 Å². The summed E-state index contributed by atoms with van der Waals surface area (Å²) in [5, 5.41) is 20.7. The third kappa shape index (κ3) is 32.5. The zero-order valence-electron chi connectivity index (χ0n) is 38.8. The van der Waals surface area contributed by atoms with Gasteiger partial charge in [-0.3, -0.25) is 23.4 Å². The summed E-state index contributed by atoms with van der Waals surface area (Å²) in [7, 11) is -4.46. The fraction of sp³-hybridized carbons (Fsp3) is 0.816. The van der Waals surface area contributed by atoms with Crippen LogP contribution in [0.15, 0.2) is 36.5 Å². The minimum absolute atomic E-state index is 0.0105. The maximum atomic E-state index is 12.7. The van der Waals surface area contributed by atoms with E-state index in [0.717, 1.165) is 38.5 Å². The molecule has 1 rings (SSSR count). The van der Waals surface area contributed by atoms with Crippen LogP contribution in [0.5, 0.6) is 0 Å². The SMILES string of the molecule is CCCCCCCC/C=C\CCCCCCCCCCCCCC(=O)OC[C@H](COP(=O)(O)OCCN)OC(=O)CCC/C=C\C[C@H]1[C@@H](O)CC(=O)[C@@H]1/C=C/[C@@H](O)CCCCC. The van der Waals surface area contributed by atoms with E-state index in [2.05, 4.69) is 26.0 Å². The van der Waals surface area contributed by atoms with Gasteiger partial charge in [0, 0.05) is 37.6 Å². The van der Waals surface area contributed by atoms with Crippen molar-refractivity contribution >= 4 is 25.5 Å². The lowest BCUT2D eigenvalue weighted by Crippen LogP contribution is -2.29. The van der Waals surface area contributed by atoms with Gasteiger partial charge in [0.2, 0.25) is 0 Å². The average molecular weight is 898 g/mol. The molecule has 360 valence electrons. The standard InChI is InChI=1S/C49H88NO11P/c1-3-5-7-8-9-10-11-12-13-14-15-16-17-18-19-20-21-22-23-24-29-33-48(54)58-40-43(41-60-62(56,57)59-38-37-50)61-49(55)34-30-26-25-28-32-44-45(47(53)39-46(44)52)36-35-42(51)31-27-6-4-2/h12-13,25,28,35-36,42-46,51-52H,3-11,14-24,26-27,29-34,37-41,50H2,1-2H3,(H,56,57)/b13-12-,28-25-,36-35+/t42-,43+,44+,45+,46-/m0/s1. The van der Waals surface area contributed by atoms with Crippen molar-refractivity contribution in [2.75, 3.05) is 26.4 Å². The molecule has 12 nitrogen and oxygen atoms in total. The third-order valence-electron chi connectivity index (χ3n) is 11.4. The van der Waals surface area contributed by atoms with Crippen LogP contribution < -0.4 is 5.73 Å². The summed E-state index contributed by atoms with van der Waals surface area (Å²) in [6.45, 7) is 3.33. The highest BCUT2D eigenvalue weighted by Gasteiger charge is 2.39. The molecule has 1 aliphatic carbocycles. The van der Waals surface area contributed by atoms with E-state index in [1.165, 1.54) is 96.3 Å². The zero-order valence-corrected chi connectivity index (χ0v) is 39.7. The van der Waals surface area contributed by atoms with Crippen molar-refractivity contribution in [1.29, 1.82) is 0 Å². The number of phosphoric ester groups is 1. The van der Waals surface area contributed by atoms with E-state index in [1.807, 2.05) is 12.2 Å². The number of carbonyl (C=O) groups is 3. The number of allylic oxidation sites excluding steroid dienone is 5. The molecule has 5 N–H and O–H groups in total. The first-order chi connectivity index (χ1) is 30.0. The van der Waals surface area contributed by atoms with Gasteiger partial charge in [0.15, 0.2) is 6.10 Å². The van der Waals surface area contributed by atoms with Gasteiger partial charge in [-0.1, -0.05) is 159 Å². The van der Waals surface area contributed by atoms with Crippen LogP contribution in [0.3, 0.4) is 0 Å². The van der Waals surface area contributed by atoms with Crippen LogP contribution in [0.1, 0.15) is 200 Å². The van der Waals surface area contributed by atoms with E-state index in [-0.39, 0.29) is 50.7 Å². The van der Waals surface area contributed by atoms with Gasteiger partial charge in [-0.15, -0.1) is 0 Å². The van der Waals surface area contributed by atoms with Crippen molar-refractivity contribution in [3.05, 3.63) is 36.5 Å². The first kappa shape index (κ1) is 57.8. The largest absolute Gasteiger partial charge is 0.472 e. The van der Waals surface area contributed by atoms with Gasteiger partial charge in [-0.05, 0) is 57.8 Å². The van der Waals surface area contributed by atoms with E-state index in [4.69, 9.17) is 24.3 Å². The number of esters is 2. The van der Waals surface area contributed by atoms with E-state index >= 15 is 0 Å². The highest BCUT2D eigenvalue weighted by molar-refractivity contribution is 7.47. The second-order valence-corrected chi connectivity index (χ2v) is 18.6. The molecular weight excluding hydrogens is 810 g/mol. The fourth-order valence-corrected chi connectivity index (χ4v) is 8.38. The molecule has 0 radical (unpaired) electrons. The Morgan fingerprint density at radius 2 is 1.26 bits per heavy atom. The van der Waals surface area contributed by atoms with Crippen molar-refractivity contribution in [3.8, 4) is 0 Å². The van der Waals surface area contributed by atoms with Crippen molar-refractivity contribution in [1.82, 2.24) is 0 Å². The molecule has 0 aromatic rings. The van der Waals surface area contributed by atoms with Gasteiger partial charge in [-0.25, -0.2) is 4.57 Å². The predicted molar refractivity (Wildman–Crippen MR) is 248 cm³/mol. The molecule has 0 heterocycles. The van der Waals surface area contributed by atoms with Gasteiger partial charge in [0.1, 0.15) is 12.4 Å². The third-order valence-corrected chi connectivity index (χ3v) is 12.4. The molecule has 0 amide bonds. The predicted octanol–water partition coefficient (Wildman–Crippen LogP) is 11.1. The Labute approximate surface area is 375 Å². The summed E-state index contributed by atoms with van der Waals surface area (Å²) < 4.78 is 32.8. The number of phosphoric acid groups is 1. The molecule has 0 spiro atoms. The smallest absolute Gasteiger partial charge is 0.462 e. The molecule has 6 atom stereocenters. The van der Waals surface area contributed by atoms with Crippen LogP contribution in [-0.2, 0) is 37.5 Å². The monoisotopic (exact) mass is 898 g/mol. The van der Waals surface area contributed by atoms with Gasteiger partial charge in [0.25, 0.3) is 0 Å². The number of hydrogen-bond acceptors (Lipinski definition) is 11. The Hall–Kier alpha value is -2.18. The second-order valence-electron chi connectivity index (χ2n) is 17.1. The number of rotatable bonds is 42. The number of carbonyl (C=O) groups excluding carboxylic acids is 3. The number of ether oxygens (including phenoxy) is 2. The number of ketones is 1. The van der Waals surface area contributed by atoms with Crippen molar-refractivity contribution in [2.45, 2.75) is 218 Å². The maximum absolute atomic E-state index is 12.7. The first-order valence-corrected chi connectivity index (χ1v) is 26.1. The molecule has 0 aromatic heterocycles. The van der Waals surface area contributed by atoms with Crippen LogP contribution in [0.4, 0.5) is 0 Å². The quantitative estimate of drug-likeness (QED) is 0.0196. The van der Waals surface area contributed by atoms with Gasteiger partial charge >= 0.3 is 19.8 Å². The number of nitrogens with two attached hydrogens (primary N) is 1. The molecule has 0 aliphatic heterocycles. The molecule has 1 aliphatic rings. The van der Waals surface area contributed by atoms with Gasteiger partial charge < -0.3 is 30.3 Å². The molecule has 13 heteroatoms. The zero-order chi connectivity index (χ0) is 45.5. The van der Waals surface area contributed by atoms with Crippen LogP contribution in [0, 0.1) is 11.8 Å². The van der Waals surface area contributed by atoms with Crippen LogP contribution in [0.2, 0.25) is 0 Å². The number of aliphatic hydroxyl groups excluding tert-OH is 2. The topological polar surface area (TPSA) is 192 Å². The van der Waals surface area contributed by atoms with E-state index in [1.54, 1.807) is 12.2 Å². The van der Waals surface area contributed by atoms with Gasteiger partial charge in [-0.2, -0.15) is 0 Å². The highest BCUT2D eigenvalue weighted by Crippen LogP contribution is 2.43. The lowest BCUT2D eigenvalue weighted by molar-refractivity contribution is -0.161. The highest BCUT2D eigenvalue weighted by atomic mass is 31.2. The van der Waals surface area contributed by atoms with Crippen LogP contribution in [-0.4, -0.2) is 77.5 Å². The molecule has 1 unspecified atom stereocenters. The Balaban J connectivity index is 2.31. The van der Waals surface area contributed by atoms with Crippen molar-refractivity contribution in [2.24, 2.45) is 17.6 Å². The number of hydrogen-bond donors (Lipinski definition) is 4. The number of unbranched alkanes of at least 4 members (excludes halogenated alkanes) is 20. The minimum Gasteiger partial charge on any atom is -0.462 e. The fourth-order valence-electron chi connectivity index (χ4n) is 7.61. The number of aliphatic hydroxyl groups is 2. The second kappa shape index (κ2) is 39.2. The Morgan fingerprint density at radius 1 is 0.726 bits per heavy atom. The van der Waals surface area contributed by atoms with Gasteiger partial charge in [0.05, 0.1) is 25.4 Å². The molecule has 1 saturated carbocycles. The van der Waals surface area contributed by atoms with E-state index in [0.29, 0.717) is 32.1 Å². The molecular formula is C49H88NO11P. The molecule has 0 bridgehead atoms. The summed E-state index contributed by atoms with van der Waals surface area (Å²) in [5.74, 6) is -1.78. The van der Waals surface area contributed by atoms with Crippen LogP contribution in [0.25, 0.3) is 0 Å². The molecule has 0 aromatic carbocycles. The molecule has 62 heavy (non-hydrogen) atoms. The average Bonchev–Trinajstić information content (AvgIpc) is 3.52. The lowest BCUT2D eigenvalue weighted by atomic mass is 9.90. The normalized spacial score (nSPS) is 18.9. The van der Waals surface area contributed by atoms with E-state index < -0.39 is 50.6 Å². The summed E-state index contributed by atoms with van der Waals surface area (Å²) >= 11 is 0. The number of Topliss-reactive ketones (excluding diaryl/α,β-unsaturated/α-hetero) is 1. The summed E-state index contributed by atoms with van der Waals surface area (Å²) in [6, 6.07) is 0. The Bertz CT molecular complexity index is 1270. The maximum Gasteiger partial charge on any atom is 0.472 e.